The van der Waals surface area contributed by atoms with Crippen molar-refractivity contribution in [1.29, 1.82) is 0 Å². The molecule has 0 aliphatic carbocycles. The molecule has 1 atom stereocenters. The summed E-state index contributed by atoms with van der Waals surface area (Å²) < 4.78 is 11.1. The van der Waals surface area contributed by atoms with Gasteiger partial charge in [0.2, 0.25) is 11.8 Å². The first-order chi connectivity index (χ1) is 19.9. The number of halogens is 1. The first kappa shape index (κ1) is 33.2. The Kier molecular flexibility index (Phi) is 11.6. The fraction of sp³-hybridized carbons (Fsp3) is 0.516. The second kappa shape index (κ2) is 14.7. The Morgan fingerprint density at radius 3 is 2.29 bits per heavy atom. The lowest BCUT2D eigenvalue weighted by Gasteiger charge is -2.35. The predicted octanol–water partition coefficient (Wildman–Crippen LogP) is 4.28. The van der Waals surface area contributed by atoms with Crippen molar-refractivity contribution in [3.63, 3.8) is 0 Å². The van der Waals surface area contributed by atoms with Crippen LogP contribution in [-0.4, -0.2) is 78.5 Å². The number of rotatable bonds is 13. The van der Waals surface area contributed by atoms with Crippen LogP contribution in [0, 0.1) is 11.3 Å². The predicted molar refractivity (Wildman–Crippen MR) is 159 cm³/mol. The number of anilines is 1. The van der Waals surface area contributed by atoms with Gasteiger partial charge in [-0.2, -0.15) is 0 Å². The highest BCUT2D eigenvalue weighted by Crippen LogP contribution is 2.43. The van der Waals surface area contributed by atoms with Crippen LogP contribution in [0.3, 0.4) is 0 Å². The molecule has 3 rings (SSSR count). The van der Waals surface area contributed by atoms with Crippen LogP contribution in [0.2, 0.25) is 5.02 Å². The standard InChI is InChI=1S/C31H41ClN2O8/c1-31(2,19-35)18-34(27(37)10-9-26(36)33-13-11-20(12-14-33)15-28(38)39)29-23(16-21(32)17-25(29)42-4)30(40)22-7-5-6-8-24(22)41-3/h5-8,16-17,20,30,35,40H,9-15,18-19H2,1-4H3,(H,38,39)/t30-/m1/s1. The van der Waals surface area contributed by atoms with Crippen LogP contribution in [0.1, 0.15) is 63.2 Å². The smallest absolute Gasteiger partial charge is 0.303 e. The van der Waals surface area contributed by atoms with Gasteiger partial charge in [0.15, 0.2) is 0 Å². The van der Waals surface area contributed by atoms with E-state index >= 15 is 0 Å². The molecule has 0 spiro atoms. The number of aliphatic hydroxyl groups is 2. The quantitative estimate of drug-likeness (QED) is 0.308. The minimum atomic E-state index is -1.25. The maximum absolute atomic E-state index is 13.9. The van der Waals surface area contributed by atoms with Crippen molar-refractivity contribution in [1.82, 2.24) is 4.90 Å². The minimum Gasteiger partial charge on any atom is -0.496 e. The third kappa shape index (κ3) is 8.36. The van der Waals surface area contributed by atoms with Gasteiger partial charge in [0.1, 0.15) is 17.6 Å². The fourth-order valence-electron chi connectivity index (χ4n) is 5.22. The Balaban J connectivity index is 1.93. The molecule has 11 heteroatoms. The van der Waals surface area contributed by atoms with Crippen molar-refractivity contribution in [2.24, 2.45) is 11.3 Å². The zero-order valence-electron chi connectivity index (χ0n) is 24.6. The molecule has 2 amide bonds. The van der Waals surface area contributed by atoms with Gasteiger partial charge in [-0.1, -0.05) is 43.6 Å². The fourth-order valence-corrected chi connectivity index (χ4v) is 5.43. The number of likely N-dealkylation sites (tertiary alicyclic amines) is 1. The van der Waals surface area contributed by atoms with Crippen LogP contribution in [0.5, 0.6) is 11.5 Å². The van der Waals surface area contributed by atoms with E-state index in [1.54, 1.807) is 55.1 Å². The number of nitrogens with zero attached hydrogens (tertiary/aromatic N) is 2. The third-order valence-corrected chi connectivity index (χ3v) is 7.80. The zero-order chi connectivity index (χ0) is 31.0. The van der Waals surface area contributed by atoms with Crippen molar-refractivity contribution < 1.29 is 39.2 Å². The van der Waals surface area contributed by atoms with Crippen molar-refractivity contribution in [3.05, 3.63) is 52.5 Å². The number of carbonyl (C=O) groups excluding carboxylic acids is 2. The summed E-state index contributed by atoms with van der Waals surface area (Å²) >= 11 is 6.43. The first-order valence-electron chi connectivity index (χ1n) is 14.0. The molecule has 1 aliphatic heterocycles. The molecule has 2 aromatic rings. The molecule has 1 aliphatic rings. The topological polar surface area (TPSA) is 137 Å². The van der Waals surface area contributed by atoms with Gasteiger partial charge in [0, 0.05) is 73.1 Å². The van der Waals surface area contributed by atoms with Gasteiger partial charge in [-0.15, -0.1) is 0 Å². The summed E-state index contributed by atoms with van der Waals surface area (Å²) in [5, 5.41) is 31.0. The molecule has 1 saturated heterocycles. The number of aliphatic carboxylic acids is 1. The van der Waals surface area contributed by atoms with E-state index in [4.69, 9.17) is 26.2 Å². The number of aliphatic hydroxyl groups excluding tert-OH is 2. The summed E-state index contributed by atoms with van der Waals surface area (Å²) in [4.78, 5) is 41.1. The number of hydrogen-bond donors (Lipinski definition) is 3. The molecule has 0 radical (unpaired) electrons. The lowest BCUT2D eigenvalue weighted by molar-refractivity contribution is -0.139. The summed E-state index contributed by atoms with van der Waals surface area (Å²) in [6, 6.07) is 10.1. The van der Waals surface area contributed by atoms with Gasteiger partial charge in [0.05, 0.1) is 19.9 Å². The number of amides is 2. The average molecular weight is 605 g/mol. The number of ether oxygens (including phenoxy) is 2. The molecule has 0 bridgehead atoms. The molecule has 0 aromatic heterocycles. The molecule has 3 N–H and O–H groups in total. The Bertz CT molecular complexity index is 1260. The number of carboxylic acids is 1. The molecular formula is C31H41ClN2O8. The number of para-hydroxylation sites is 1. The highest BCUT2D eigenvalue weighted by atomic mass is 35.5. The second-order valence-electron chi connectivity index (χ2n) is 11.4. The van der Waals surface area contributed by atoms with Crippen molar-refractivity contribution in [2.45, 2.75) is 52.1 Å². The van der Waals surface area contributed by atoms with Crippen molar-refractivity contribution in [2.75, 3.05) is 45.4 Å². The summed E-state index contributed by atoms with van der Waals surface area (Å²) in [5.41, 5.74) is 0.315. The van der Waals surface area contributed by atoms with E-state index in [-0.39, 0.29) is 66.6 Å². The average Bonchev–Trinajstić information content (AvgIpc) is 2.97. The molecule has 2 aromatic carbocycles. The molecule has 1 fully saturated rings. The number of piperidine rings is 1. The van der Waals surface area contributed by atoms with E-state index in [0.717, 1.165) is 0 Å². The largest absolute Gasteiger partial charge is 0.496 e. The highest BCUT2D eigenvalue weighted by molar-refractivity contribution is 6.31. The maximum Gasteiger partial charge on any atom is 0.303 e. The van der Waals surface area contributed by atoms with E-state index in [0.29, 0.717) is 42.8 Å². The lowest BCUT2D eigenvalue weighted by atomic mass is 9.92. The van der Waals surface area contributed by atoms with E-state index in [1.807, 2.05) is 0 Å². The Labute approximate surface area is 251 Å². The number of benzene rings is 2. The van der Waals surface area contributed by atoms with E-state index < -0.39 is 17.5 Å². The maximum atomic E-state index is 13.9. The van der Waals surface area contributed by atoms with Crippen LogP contribution in [0.25, 0.3) is 0 Å². The van der Waals surface area contributed by atoms with Gasteiger partial charge in [-0.3, -0.25) is 14.4 Å². The molecule has 42 heavy (non-hydrogen) atoms. The van der Waals surface area contributed by atoms with E-state index in [1.165, 1.54) is 19.1 Å². The van der Waals surface area contributed by atoms with Crippen LogP contribution >= 0.6 is 11.6 Å². The van der Waals surface area contributed by atoms with Crippen molar-refractivity contribution >= 4 is 35.1 Å². The summed E-state index contributed by atoms with van der Waals surface area (Å²) in [6.45, 7) is 4.36. The molecule has 230 valence electrons. The van der Waals surface area contributed by atoms with Gasteiger partial charge < -0.3 is 34.6 Å². The Morgan fingerprint density at radius 2 is 1.69 bits per heavy atom. The number of methoxy groups -OCH3 is 2. The van der Waals surface area contributed by atoms with Gasteiger partial charge in [-0.25, -0.2) is 0 Å². The van der Waals surface area contributed by atoms with Crippen LogP contribution < -0.4 is 14.4 Å². The zero-order valence-corrected chi connectivity index (χ0v) is 25.4. The second-order valence-corrected chi connectivity index (χ2v) is 11.9. The number of carbonyl (C=O) groups is 3. The Morgan fingerprint density at radius 1 is 1.05 bits per heavy atom. The normalized spacial score (nSPS) is 14.8. The summed E-state index contributed by atoms with van der Waals surface area (Å²) in [6.07, 6.45) is -0.110. The molecule has 0 unspecified atom stereocenters. The highest BCUT2D eigenvalue weighted by Gasteiger charge is 2.33. The van der Waals surface area contributed by atoms with Crippen LogP contribution in [-0.2, 0) is 14.4 Å². The number of carboxylic acid groups (broad SMARTS) is 1. The molecule has 0 saturated carbocycles. The summed E-state index contributed by atoms with van der Waals surface area (Å²) in [7, 11) is 2.93. The SMILES string of the molecule is COc1ccccc1[C@@H](O)c1cc(Cl)cc(OC)c1N(CC(C)(C)CO)C(=O)CCC(=O)N1CCC(CC(=O)O)CC1. The van der Waals surface area contributed by atoms with Crippen LogP contribution in [0.15, 0.2) is 36.4 Å². The Hall–Kier alpha value is -3.34. The molecular weight excluding hydrogens is 564 g/mol. The monoisotopic (exact) mass is 604 g/mol. The lowest BCUT2D eigenvalue weighted by Crippen LogP contribution is -2.43. The van der Waals surface area contributed by atoms with Gasteiger partial charge in [0.25, 0.3) is 0 Å². The minimum absolute atomic E-state index is 0.0369. The van der Waals surface area contributed by atoms with Gasteiger partial charge in [-0.05, 0) is 30.9 Å². The van der Waals surface area contributed by atoms with Crippen molar-refractivity contribution in [3.8, 4) is 11.5 Å². The third-order valence-electron chi connectivity index (χ3n) is 7.59. The van der Waals surface area contributed by atoms with E-state index in [9.17, 15) is 24.6 Å². The molecule has 10 nitrogen and oxygen atoms in total. The number of hydrogen-bond acceptors (Lipinski definition) is 7. The van der Waals surface area contributed by atoms with Gasteiger partial charge >= 0.3 is 5.97 Å². The first-order valence-corrected chi connectivity index (χ1v) is 14.4. The van der Waals surface area contributed by atoms with Crippen LogP contribution in [0.4, 0.5) is 5.69 Å². The summed E-state index contributed by atoms with van der Waals surface area (Å²) in [5.74, 6) is -0.684. The van der Waals surface area contributed by atoms with E-state index in [2.05, 4.69) is 0 Å². The molecule has 1 heterocycles.